The highest BCUT2D eigenvalue weighted by molar-refractivity contribution is 5.88. The van der Waals surface area contributed by atoms with Crippen LogP contribution in [-0.2, 0) is 14.3 Å². The Balaban J connectivity index is 2.86. The van der Waals surface area contributed by atoms with Crippen LogP contribution in [0.4, 0.5) is 18.0 Å². The zero-order valence-corrected chi connectivity index (χ0v) is 12.3. The maximum atomic E-state index is 12.4. The van der Waals surface area contributed by atoms with Gasteiger partial charge in [-0.3, -0.25) is 4.79 Å². The van der Waals surface area contributed by atoms with Gasteiger partial charge in [0.2, 0.25) is 0 Å². The smallest absolute Gasteiger partial charge is 0.471 e. The summed E-state index contributed by atoms with van der Waals surface area (Å²) in [6, 6.07) is 0. The summed E-state index contributed by atoms with van der Waals surface area (Å²) in [5.74, 6) is -3.67. The summed E-state index contributed by atoms with van der Waals surface area (Å²) in [6.07, 6.45) is -6.51. The molecular formula is C12H17F3N2O5. The largest absolute Gasteiger partial charge is 0.479 e. The predicted molar refractivity (Wildman–Crippen MR) is 67.0 cm³/mol. The molecule has 0 aromatic rings. The Kier molecular flexibility index (Phi) is 4.64. The Hall–Kier alpha value is -2.00. The molecule has 1 aliphatic rings. The first kappa shape index (κ1) is 18.1. The Morgan fingerprint density at radius 2 is 1.77 bits per heavy atom. The van der Waals surface area contributed by atoms with E-state index in [-0.39, 0.29) is 6.42 Å². The average molecular weight is 326 g/mol. The maximum absolute atomic E-state index is 12.4. The molecule has 10 heteroatoms. The van der Waals surface area contributed by atoms with Crippen molar-refractivity contribution < 1.29 is 37.4 Å². The van der Waals surface area contributed by atoms with E-state index in [4.69, 9.17) is 4.74 Å². The molecule has 1 unspecified atom stereocenters. The molecule has 0 spiro atoms. The van der Waals surface area contributed by atoms with Crippen LogP contribution >= 0.6 is 0 Å². The van der Waals surface area contributed by atoms with E-state index in [0.29, 0.717) is 4.90 Å². The Bertz CT molecular complexity index is 486. The Morgan fingerprint density at radius 3 is 2.18 bits per heavy atom. The molecule has 0 aromatic carbocycles. The van der Waals surface area contributed by atoms with E-state index >= 15 is 0 Å². The molecule has 1 heterocycles. The lowest BCUT2D eigenvalue weighted by Crippen LogP contribution is -2.58. The summed E-state index contributed by atoms with van der Waals surface area (Å²) in [4.78, 5) is 34.5. The fourth-order valence-corrected chi connectivity index (χ4v) is 1.99. The summed E-state index contributed by atoms with van der Waals surface area (Å²) >= 11 is 0. The van der Waals surface area contributed by atoms with E-state index in [1.54, 1.807) is 20.8 Å². The number of carbonyl (C=O) groups excluding carboxylic acids is 2. The highest BCUT2D eigenvalue weighted by atomic mass is 19.4. The minimum atomic E-state index is -5.10. The number of carboxylic acid groups (broad SMARTS) is 1. The minimum Gasteiger partial charge on any atom is -0.479 e. The normalized spacial score (nSPS) is 22.4. The third-order valence-electron chi connectivity index (χ3n) is 2.95. The number of ether oxygens (including phenoxy) is 1. The number of halogens is 3. The van der Waals surface area contributed by atoms with E-state index in [2.05, 4.69) is 5.32 Å². The second kappa shape index (κ2) is 5.65. The van der Waals surface area contributed by atoms with Gasteiger partial charge in [-0.15, -0.1) is 0 Å². The van der Waals surface area contributed by atoms with Gasteiger partial charge in [0.25, 0.3) is 0 Å². The van der Waals surface area contributed by atoms with Crippen molar-refractivity contribution in [3.05, 3.63) is 0 Å². The summed E-state index contributed by atoms with van der Waals surface area (Å²) in [5, 5.41) is 11.3. The number of hydrogen-bond donors (Lipinski definition) is 2. The lowest BCUT2D eigenvalue weighted by atomic mass is 9.99. The van der Waals surface area contributed by atoms with Crippen LogP contribution in [-0.4, -0.2) is 58.4 Å². The van der Waals surface area contributed by atoms with Gasteiger partial charge < -0.3 is 20.1 Å². The van der Waals surface area contributed by atoms with Gasteiger partial charge in [-0.1, -0.05) is 0 Å². The maximum Gasteiger partial charge on any atom is 0.471 e. The van der Waals surface area contributed by atoms with E-state index in [9.17, 15) is 32.7 Å². The molecule has 2 N–H and O–H groups in total. The fraction of sp³-hybridized carbons (Fsp3) is 0.750. The van der Waals surface area contributed by atoms with Crippen molar-refractivity contribution in [1.82, 2.24) is 10.2 Å². The van der Waals surface area contributed by atoms with Crippen LogP contribution in [0.1, 0.15) is 27.2 Å². The minimum absolute atomic E-state index is 0.344. The molecule has 1 rings (SSSR count). The first-order valence-corrected chi connectivity index (χ1v) is 6.37. The van der Waals surface area contributed by atoms with E-state index in [1.807, 2.05) is 0 Å². The fourth-order valence-electron chi connectivity index (χ4n) is 1.99. The number of nitrogens with zero attached hydrogens (tertiary/aromatic N) is 1. The van der Waals surface area contributed by atoms with Crippen molar-refractivity contribution in [2.45, 2.75) is 44.5 Å². The van der Waals surface area contributed by atoms with Crippen molar-refractivity contribution in [2.75, 3.05) is 13.1 Å². The Labute approximate surface area is 124 Å². The van der Waals surface area contributed by atoms with Crippen LogP contribution in [0.2, 0.25) is 0 Å². The van der Waals surface area contributed by atoms with Crippen molar-refractivity contribution in [1.29, 1.82) is 0 Å². The first-order chi connectivity index (χ1) is 9.77. The van der Waals surface area contributed by atoms with Gasteiger partial charge in [0.05, 0.1) is 6.54 Å². The molecule has 7 nitrogen and oxygen atoms in total. The molecule has 22 heavy (non-hydrogen) atoms. The molecule has 1 atom stereocenters. The molecule has 2 amide bonds. The van der Waals surface area contributed by atoms with Crippen molar-refractivity contribution in [2.24, 2.45) is 0 Å². The number of aliphatic carboxylic acids is 1. The van der Waals surface area contributed by atoms with Gasteiger partial charge in [-0.2, -0.15) is 13.2 Å². The lowest BCUT2D eigenvalue weighted by molar-refractivity contribution is -0.184. The number of alkyl halides is 3. The zero-order chi connectivity index (χ0) is 17.3. The highest BCUT2D eigenvalue weighted by Gasteiger charge is 2.53. The topological polar surface area (TPSA) is 95.9 Å². The number of carboxylic acids is 1. The molecule has 1 fully saturated rings. The monoisotopic (exact) mass is 326 g/mol. The third-order valence-corrected chi connectivity index (χ3v) is 2.95. The van der Waals surface area contributed by atoms with Crippen molar-refractivity contribution in [3.8, 4) is 0 Å². The standard InChI is InChI=1S/C12H17F3N2O5/c1-10(2,3)22-9(21)16-11(8(19)20)4-5-17(6-11)7(18)12(13,14)15/h4-6H2,1-3H3,(H,16,21)(H,19,20). The second-order valence-electron chi connectivity index (χ2n) is 5.99. The van der Waals surface area contributed by atoms with Crippen LogP contribution < -0.4 is 5.32 Å². The van der Waals surface area contributed by atoms with Gasteiger partial charge >= 0.3 is 24.1 Å². The SMILES string of the molecule is CC(C)(C)OC(=O)NC1(C(=O)O)CCN(C(=O)C(F)(F)F)C1. The van der Waals surface area contributed by atoms with E-state index in [1.165, 1.54) is 0 Å². The molecule has 0 radical (unpaired) electrons. The van der Waals surface area contributed by atoms with E-state index in [0.717, 1.165) is 0 Å². The Morgan fingerprint density at radius 1 is 1.23 bits per heavy atom. The molecule has 0 bridgehead atoms. The number of hydrogen-bond acceptors (Lipinski definition) is 4. The molecule has 126 valence electrons. The van der Waals surface area contributed by atoms with Crippen molar-refractivity contribution >= 4 is 18.0 Å². The van der Waals surface area contributed by atoms with Crippen LogP contribution in [0.15, 0.2) is 0 Å². The van der Waals surface area contributed by atoms with Gasteiger partial charge in [0.15, 0.2) is 5.54 Å². The number of likely N-dealkylation sites (tertiary alicyclic amines) is 1. The number of rotatable bonds is 2. The van der Waals surface area contributed by atoms with Crippen LogP contribution in [0.3, 0.4) is 0 Å². The molecule has 0 aromatic heterocycles. The van der Waals surface area contributed by atoms with Crippen molar-refractivity contribution in [3.63, 3.8) is 0 Å². The number of carbonyl (C=O) groups is 3. The number of nitrogens with one attached hydrogen (secondary N) is 1. The van der Waals surface area contributed by atoms with Crippen LogP contribution in [0.25, 0.3) is 0 Å². The number of amides is 2. The summed E-state index contributed by atoms with van der Waals surface area (Å²) in [6.45, 7) is 3.44. The van der Waals surface area contributed by atoms with E-state index < -0.39 is 48.4 Å². The zero-order valence-electron chi connectivity index (χ0n) is 12.3. The summed E-state index contributed by atoms with van der Waals surface area (Å²) in [7, 11) is 0. The summed E-state index contributed by atoms with van der Waals surface area (Å²) < 4.78 is 42.1. The van der Waals surface area contributed by atoms with Gasteiger partial charge in [-0.05, 0) is 20.8 Å². The lowest BCUT2D eigenvalue weighted by Gasteiger charge is -2.28. The number of alkyl carbamates (subject to hydrolysis) is 1. The van der Waals surface area contributed by atoms with Gasteiger partial charge in [-0.25, -0.2) is 9.59 Å². The first-order valence-electron chi connectivity index (χ1n) is 6.37. The molecule has 1 aliphatic heterocycles. The third kappa shape index (κ3) is 4.25. The average Bonchev–Trinajstić information content (AvgIpc) is 2.69. The van der Waals surface area contributed by atoms with Crippen LogP contribution in [0, 0.1) is 0 Å². The molecular weight excluding hydrogens is 309 g/mol. The quantitative estimate of drug-likeness (QED) is 0.793. The molecule has 0 saturated carbocycles. The van der Waals surface area contributed by atoms with Gasteiger partial charge in [0.1, 0.15) is 5.60 Å². The summed E-state index contributed by atoms with van der Waals surface area (Å²) in [5.41, 5.74) is -2.90. The molecule has 1 saturated heterocycles. The van der Waals surface area contributed by atoms with Gasteiger partial charge in [0, 0.05) is 13.0 Å². The predicted octanol–water partition coefficient (Wildman–Crippen LogP) is 1.13. The molecule has 0 aliphatic carbocycles. The van der Waals surface area contributed by atoms with Crippen LogP contribution in [0.5, 0.6) is 0 Å². The second-order valence-corrected chi connectivity index (χ2v) is 5.99. The highest BCUT2D eigenvalue weighted by Crippen LogP contribution is 2.27.